The fraction of sp³-hybridized carbons (Fsp3) is 0.562. The van der Waals surface area contributed by atoms with Crippen LogP contribution >= 0.6 is 0 Å². The lowest BCUT2D eigenvalue weighted by Gasteiger charge is -2.29. The molecule has 0 bridgehead atoms. The normalized spacial score (nSPS) is 11.7. The van der Waals surface area contributed by atoms with Crippen molar-refractivity contribution in [1.82, 2.24) is 4.90 Å². The Labute approximate surface area is 116 Å². The second-order valence-electron chi connectivity index (χ2n) is 5.75. The molecule has 0 aliphatic heterocycles. The monoisotopic (exact) mass is 260 g/mol. The lowest BCUT2D eigenvalue weighted by Crippen LogP contribution is -2.39. The van der Waals surface area contributed by atoms with Gasteiger partial charge in [-0.2, -0.15) is 5.26 Å². The van der Waals surface area contributed by atoms with E-state index < -0.39 is 5.54 Å². The van der Waals surface area contributed by atoms with Crippen LogP contribution in [0.2, 0.25) is 0 Å². The van der Waals surface area contributed by atoms with E-state index in [1.54, 1.807) is 7.11 Å². The van der Waals surface area contributed by atoms with Gasteiger partial charge < -0.3 is 4.74 Å². The predicted octanol–water partition coefficient (Wildman–Crippen LogP) is 3.55. The summed E-state index contributed by atoms with van der Waals surface area (Å²) in [5.74, 6) is 1.36. The second kappa shape index (κ2) is 6.08. The van der Waals surface area contributed by atoms with E-state index in [1.165, 1.54) is 5.56 Å². The van der Waals surface area contributed by atoms with Crippen molar-refractivity contribution in [1.29, 1.82) is 5.26 Å². The van der Waals surface area contributed by atoms with Crippen molar-refractivity contribution < 1.29 is 4.74 Å². The Morgan fingerprint density at radius 3 is 2.47 bits per heavy atom. The first kappa shape index (κ1) is 15.5. The summed E-state index contributed by atoms with van der Waals surface area (Å²) in [6.07, 6.45) is 0. The Balaban J connectivity index is 3.05. The number of nitriles is 1. The molecule has 19 heavy (non-hydrogen) atoms. The van der Waals surface area contributed by atoms with Gasteiger partial charge in [0.2, 0.25) is 0 Å². The molecule has 1 rings (SSSR count). The summed E-state index contributed by atoms with van der Waals surface area (Å²) in [5, 5.41) is 9.19. The van der Waals surface area contributed by atoms with Gasteiger partial charge in [0.1, 0.15) is 11.3 Å². The highest BCUT2D eigenvalue weighted by atomic mass is 16.5. The van der Waals surface area contributed by atoms with Crippen LogP contribution in [0.15, 0.2) is 18.2 Å². The fourth-order valence-corrected chi connectivity index (χ4v) is 1.82. The summed E-state index contributed by atoms with van der Waals surface area (Å²) >= 11 is 0. The van der Waals surface area contributed by atoms with Gasteiger partial charge in [-0.3, -0.25) is 4.90 Å². The smallest absolute Gasteiger partial charge is 0.123 e. The van der Waals surface area contributed by atoms with Crippen molar-refractivity contribution in [3.8, 4) is 11.8 Å². The lowest BCUT2D eigenvalue weighted by atomic mass is 9.99. The van der Waals surface area contributed by atoms with E-state index in [2.05, 4.69) is 32.0 Å². The minimum absolute atomic E-state index is 0.485. The standard InChI is InChI=1S/C16H24N2O/c1-12(2)13-7-8-15(19-6)14(9-13)10-18(5)16(3,4)11-17/h7-9,12H,10H2,1-6H3. The Kier molecular flexibility index (Phi) is 4.97. The van der Waals surface area contributed by atoms with Crippen LogP contribution < -0.4 is 4.74 Å². The van der Waals surface area contributed by atoms with E-state index in [0.717, 1.165) is 11.3 Å². The van der Waals surface area contributed by atoms with Gasteiger partial charge in [0.15, 0.2) is 0 Å². The molecule has 104 valence electrons. The molecule has 0 N–H and O–H groups in total. The van der Waals surface area contributed by atoms with Gasteiger partial charge in [0.05, 0.1) is 13.2 Å². The molecule has 0 aromatic heterocycles. The van der Waals surface area contributed by atoms with Crippen LogP contribution in [-0.4, -0.2) is 24.6 Å². The average Bonchev–Trinajstić information content (AvgIpc) is 2.38. The first-order valence-electron chi connectivity index (χ1n) is 6.61. The van der Waals surface area contributed by atoms with E-state index in [-0.39, 0.29) is 0 Å². The molecule has 0 aliphatic carbocycles. The Hall–Kier alpha value is -1.53. The summed E-state index contributed by atoms with van der Waals surface area (Å²) < 4.78 is 5.42. The van der Waals surface area contributed by atoms with Gasteiger partial charge in [-0.1, -0.05) is 26.0 Å². The molecule has 0 atom stereocenters. The zero-order valence-corrected chi connectivity index (χ0v) is 12.8. The molecule has 3 nitrogen and oxygen atoms in total. The third-order valence-corrected chi connectivity index (χ3v) is 3.61. The predicted molar refractivity (Wildman–Crippen MR) is 78.2 cm³/mol. The van der Waals surface area contributed by atoms with E-state index >= 15 is 0 Å². The quantitative estimate of drug-likeness (QED) is 0.812. The average molecular weight is 260 g/mol. The zero-order valence-electron chi connectivity index (χ0n) is 12.8. The van der Waals surface area contributed by atoms with Crippen molar-refractivity contribution in [3.63, 3.8) is 0 Å². The van der Waals surface area contributed by atoms with Crippen molar-refractivity contribution in [2.75, 3.05) is 14.2 Å². The molecule has 0 saturated heterocycles. The number of hydrogen-bond donors (Lipinski definition) is 0. The van der Waals surface area contributed by atoms with E-state index in [0.29, 0.717) is 12.5 Å². The topological polar surface area (TPSA) is 36.3 Å². The first-order valence-corrected chi connectivity index (χ1v) is 6.61. The number of ether oxygens (including phenoxy) is 1. The molecule has 0 amide bonds. The molecule has 0 fully saturated rings. The molecule has 0 unspecified atom stereocenters. The summed E-state index contributed by atoms with van der Waals surface area (Å²) in [5.41, 5.74) is 1.93. The van der Waals surface area contributed by atoms with Crippen LogP contribution in [0, 0.1) is 11.3 Å². The van der Waals surface area contributed by atoms with Crippen LogP contribution in [-0.2, 0) is 6.54 Å². The molecule has 3 heteroatoms. The summed E-state index contributed by atoms with van der Waals surface area (Å²) in [7, 11) is 3.65. The zero-order chi connectivity index (χ0) is 14.6. The van der Waals surface area contributed by atoms with Gasteiger partial charge in [-0.25, -0.2) is 0 Å². The van der Waals surface area contributed by atoms with Crippen LogP contribution in [0.1, 0.15) is 44.7 Å². The van der Waals surface area contributed by atoms with Gasteiger partial charge in [-0.05, 0) is 38.4 Å². The van der Waals surface area contributed by atoms with Gasteiger partial charge >= 0.3 is 0 Å². The minimum atomic E-state index is -0.487. The van der Waals surface area contributed by atoms with Crippen molar-refractivity contribution in [2.45, 2.75) is 45.7 Å². The van der Waals surface area contributed by atoms with Crippen molar-refractivity contribution in [2.24, 2.45) is 0 Å². The third-order valence-electron chi connectivity index (χ3n) is 3.61. The number of hydrogen-bond acceptors (Lipinski definition) is 3. The van der Waals surface area contributed by atoms with Crippen LogP contribution in [0.3, 0.4) is 0 Å². The molecular formula is C16H24N2O. The molecule has 0 aliphatic rings. The molecule has 1 aromatic rings. The van der Waals surface area contributed by atoms with Crippen LogP contribution in [0.25, 0.3) is 0 Å². The lowest BCUT2D eigenvalue weighted by molar-refractivity contribution is 0.200. The summed E-state index contributed by atoms with van der Waals surface area (Å²) in [4.78, 5) is 2.04. The molecule has 0 spiro atoms. The van der Waals surface area contributed by atoms with E-state index in [4.69, 9.17) is 4.74 Å². The van der Waals surface area contributed by atoms with E-state index in [9.17, 15) is 5.26 Å². The highest BCUT2D eigenvalue weighted by Gasteiger charge is 2.23. The summed E-state index contributed by atoms with van der Waals surface area (Å²) in [6, 6.07) is 8.61. The van der Waals surface area contributed by atoms with Crippen LogP contribution in [0.4, 0.5) is 0 Å². The van der Waals surface area contributed by atoms with Crippen molar-refractivity contribution >= 4 is 0 Å². The highest BCUT2D eigenvalue weighted by Crippen LogP contribution is 2.26. The fourth-order valence-electron chi connectivity index (χ4n) is 1.82. The maximum Gasteiger partial charge on any atom is 0.123 e. The molecule has 0 radical (unpaired) electrons. The Bertz CT molecular complexity index is 472. The number of nitrogens with zero attached hydrogens (tertiary/aromatic N) is 2. The second-order valence-corrected chi connectivity index (χ2v) is 5.75. The number of rotatable bonds is 5. The maximum absolute atomic E-state index is 9.19. The SMILES string of the molecule is COc1ccc(C(C)C)cc1CN(C)C(C)(C)C#N. The van der Waals surface area contributed by atoms with Gasteiger partial charge in [0.25, 0.3) is 0 Å². The number of benzene rings is 1. The largest absolute Gasteiger partial charge is 0.496 e. The van der Waals surface area contributed by atoms with Crippen LogP contribution in [0.5, 0.6) is 5.75 Å². The molecule has 0 saturated carbocycles. The Morgan fingerprint density at radius 2 is 2.00 bits per heavy atom. The van der Waals surface area contributed by atoms with Crippen molar-refractivity contribution in [3.05, 3.63) is 29.3 Å². The molecular weight excluding hydrogens is 236 g/mol. The van der Waals surface area contributed by atoms with Gasteiger partial charge in [0, 0.05) is 12.1 Å². The van der Waals surface area contributed by atoms with E-state index in [1.807, 2.05) is 31.9 Å². The number of methoxy groups -OCH3 is 1. The summed E-state index contributed by atoms with van der Waals surface area (Å²) in [6.45, 7) is 8.89. The maximum atomic E-state index is 9.19. The van der Waals surface area contributed by atoms with Gasteiger partial charge in [-0.15, -0.1) is 0 Å². The first-order chi connectivity index (χ1) is 8.81. The minimum Gasteiger partial charge on any atom is -0.496 e. The Morgan fingerprint density at radius 1 is 1.37 bits per heavy atom. The molecule has 0 heterocycles. The third kappa shape index (κ3) is 3.71. The molecule has 1 aromatic carbocycles. The highest BCUT2D eigenvalue weighted by molar-refractivity contribution is 5.38.